The topological polar surface area (TPSA) is 21.3 Å². The molecular formula is C10H19NO. The third-order valence-electron chi connectivity index (χ3n) is 3.29. The molecule has 0 aromatic carbocycles. The Balaban J connectivity index is 1.98. The van der Waals surface area contributed by atoms with Crippen LogP contribution in [0.4, 0.5) is 0 Å². The summed E-state index contributed by atoms with van der Waals surface area (Å²) in [7, 11) is 1.82. The van der Waals surface area contributed by atoms with E-state index in [1.54, 1.807) is 0 Å². The van der Waals surface area contributed by atoms with E-state index in [0.717, 1.165) is 12.5 Å². The monoisotopic (exact) mass is 169 g/mol. The van der Waals surface area contributed by atoms with Gasteiger partial charge in [-0.15, -0.1) is 0 Å². The Bertz CT molecular complexity index is 142. The molecular weight excluding hydrogens is 150 g/mol. The van der Waals surface area contributed by atoms with E-state index in [2.05, 4.69) is 5.32 Å². The van der Waals surface area contributed by atoms with Gasteiger partial charge in [0, 0.05) is 12.6 Å². The van der Waals surface area contributed by atoms with Crippen LogP contribution in [0.3, 0.4) is 0 Å². The van der Waals surface area contributed by atoms with Crippen LogP contribution < -0.4 is 5.32 Å². The first-order valence-corrected chi connectivity index (χ1v) is 5.11. The molecule has 0 radical (unpaired) electrons. The molecule has 1 aliphatic carbocycles. The van der Waals surface area contributed by atoms with Gasteiger partial charge in [0.05, 0.1) is 6.61 Å². The van der Waals surface area contributed by atoms with Gasteiger partial charge in [0.15, 0.2) is 0 Å². The van der Waals surface area contributed by atoms with E-state index in [1.807, 2.05) is 7.11 Å². The summed E-state index contributed by atoms with van der Waals surface area (Å²) in [5.74, 6) is 0.915. The molecule has 0 bridgehead atoms. The first-order valence-electron chi connectivity index (χ1n) is 5.11. The molecule has 0 amide bonds. The highest BCUT2D eigenvalue weighted by Gasteiger charge is 2.45. The maximum atomic E-state index is 5.32. The summed E-state index contributed by atoms with van der Waals surface area (Å²) in [6, 6.07) is 0. The fourth-order valence-electron chi connectivity index (χ4n) is 2.47. The van der Waals surface area contributed by atoms with Gasteiger partial charge in [0.1, 0.15) is 0 Å². The van der Waals surface area contributed by atoms with E-state index in [1.165, 1.54) is 38.6 Å². The van der Waals surface area contributed by atoms with Crippen molar-refractivity contribution in [1.29, 1.82) is 0 Å². The highest BCUT2D eigenvalue weighted by Crippen LogP contribution is 2.43. The Kier molecular flexibility index (Phi) is 2.37. The Morgan fingerprint density at radius 2 is 2.25 bits per heavy atom. The van der Waals surface area contributed by atoms with Crippen LogP contribution >= 0.6 is 0 Å². The number of methoxy groups -OCH3 is 1. The van der Waals surface area contributed by atoms with Gasteiger partial charge in [0.2, 0.25) is 0 Å². The molecule has 2 nitrogen and oxygen atoms in total. The lowest BCUT2D eigenvalue weighted by molar-refractivity contribution is 0.0748. The molecule has 1 N–H and O–H groups in total. The third kappa shape index (κ3) is 1.50. The van der Waals surface area contributed by atoms with Gasteiger partial charge in [0.25, 0.3) is 0 Å². The van der Waals surface area contributed by atoms with Crippen molar-refractivity contribution in [2.45, 2.75) is 37.6 Å². The molecule has 2 aliphatic rings. The predicted molar refractivity (Wildman–Crippen MR) is 49.2 cm³/mol. The van der Waals surface area contributed by atoms with Crippen LogP contribution in [0.15, 0.2) is 0 Å². The van der Waals surface area contributed by atoms with Crippen molar-refractivity contribution < 1.29 is 4.74 Å². The minimum atomic E-state index is 0.368. The number of piperidine rings is 1. The quantitative estimate of drug-likeness (QED) is 0.692. The van der Waals surface area contributed by atoms with Gasteiger partial charge in [-0.3, -0.25) is 0 Å². The first kappa shape index (κ1) is 8.52. The molecule has 1 saturated carbocycles. The van der Waals surface area contributed by atoms with Crippen molar-refractivity contribution >= 4 is 0 Å². The third-order valence-corrected chi connectivity index (χ3v) is 3.29. The van der Waals surface area contributed by atoms with Crippen LogP contribution in [-0.2, 0) is 4.74 Å². The van der Waals surface area contributed by atoms with Gasteiger partial charge in [-0.25, -0.2) is 0 Å². The highest BCUT2D eigenvalue weighted by atomic mass is 16.5. The summed E-state index contributed by atoms with van der Waals surface area (Å²) in [6.07, 6.45) is 6.88. The highest BCUT2D eigenvalue weighted by molar-refractivity contribution is 5.02. The fourth-order valence-corrected chi connectivity index (χ4v) is 2.47. The molecule has 0 aromatic heterocycles. The van der Waals surface area contributed by atoms with Crippen molar-refractivity contribution in [3.05, 3.63) is 0 Å². The molecule has 1 unspecified atom stereocenters. The summed E-state index contributed by atoms with van der Waals surface area (Å²) in [6.45, 7) is 2.11. The van der Waals surface area contributed by atoms with Crippen molar-refractivity contribution in [3.63, 3.8) is 0 Å². The van der Waals surface area contributed by atoms with Crippen LogP contribution in [0.25, 0.3) is 0 Å². The van der Waals surface area contributed by atoms with Gasteiger partial charge < -0.3 is 10.1 Å². The van der Waals surface area contributed by atoms with E-state index in [4.69, 9.17) is 4.74 Å². The van der Waals surface area contributed by atoms with Crippen molar-refractivity contribution in [2.75, 3.05) is 20.3 Å². The summed E-state index contributed by atoms with van der Waals surface area (Å²) in [4.78, 5) is 0. The zero-order chi connectivity index (χ0) is 8.44. The molecule has 0 spiro atoms. The molecule has 1 aliphatic heterocycles. The van der Waals surface area contributed by atoms with E-state index in [0.29, 0.717) is 5.54 Å². The van der Waals surface area contributed by atoms with Crippen molar-refractivity contribution in [1.82, 2.24) is 5.32 Å². The molecule has 1 saturated heterocycles. The fraction of sp³-hybridized carbons (Fsp3) is 1.00. The minimum absolute atomic E-state index is 0.368. The second kappa shape index (κ2) is 3.35. The molecule has 2 fully saturated rings. The number of hydrogen-bond acceptors (Lipinski definition) is 2. The zero-order valence-corrected chi connectivity index (χ0v) is 7.94. The van der Waals surface area contributed by atoms with E-state index in [-0.39, 0.29) is 0 Å². The molecule has 2 heteroatoms. The molecule has 2 rings (SSSR count). The summed E-state index contributed by atoms with van der Waals surface area (Å²) < 4.78 is 5.32. The van der Waals surface area contributed by atoms with Crippen molar-refractivity contribution in [3.8, 4) is 0 Å². The van der Waals surface area contributed by atoms with Gasteiger partial charge in [-0.1, -0.05) is 6.42 Å². The summed E-state index contributed by atoms with van der Waals surface area (Å²) in [5, 5.41) is 3.67. The largest absolute Gasteiger partial charge is 0.383 e. The second-order valence-corrected chi connectivity index (χ2v) is 4.25. The Hall–Kier alpha value is -0.0800. The summed E-state index contributed by atoms with van der Waals surface area (Å²) in [5.41, 5.74) is 0.368. The van der Waals surface area contributed by atoms with E-state index in [9.17, 15) is 0 Å². The average Bonchev–Trinajstić information content (AvgIpc) is 2.89. The molecule has 1 atom stereocenters. The lowest BCUT2D eigenvalue weighted by Gasteiger charge is -2.38. The van der Waals surface area contributed by atoms with Gasteiger partial charge in [-0.2, -0.15) is 0 Å². The molecule has 12 heavy (non-hydrogen) atoms. The normalized spacial score (nSPS) is 36.8. The second-order valence-electron chi connectivity index (χ2n) is 4.25. The van der Waals surface area contributed by atoms with Crippen LogP contribution in [0.1, 0.15) is 32.1 Å². The van der Waals surface area contributed by atoms with E-state index < -0.39 is 0 Å². The average molecular weight is 169 g/mol. The van der Waals surface area contributed by atoms with Crippen LogP contribution in [0, 0.1) is 5.92 Å². The lowest BCUT2D eigenvalue weighted by Crippen LogP contribution is -2.53. The maximum Gasteiger partial charge on any atom is 0.0647 e. The maximum absolute atomic E-state index is 5.32. The van der Waals surface area contributed by atoms with E-state index >= 15 is 0 Å². The van der Waals surface area contributed by atoms with Gasteiger partial charge >= 0.3 is 0 Å². The van der Waals surface area contributed by atoms with Crippen molar-refractivity contribution in [2.24, 2.45) is 5.92 Å². The number of nitrogens with one attached hydrogen (secondary N) is 1. The number of ether oxygens (including phenoxy) is 1. The molecule has 1 heterocycles. The minimum Gasteiger partial charge on any atom is -0.383 e. The SMILES string of the molecule is COCC1(C2CC2)CCCCN1. The lowest BCUT2D eigenvalue weighted by atomic mass is 9.85. The van der Waals surface area contributed by atoms with Gasteiger partial charge in [-0.05, 0) is 38.1 Å². The van der Waals surface area contributed by atoms with Crippen LogP contribution in [0.5, 0.6) is 0 Å². The molecule has 70 valence electrons. The Labute approximate surface area is 74.7 Å². The standard InChI is InChI=1S/C10H19NO/c1-12-8-10(9-4-5-9)6-2-3-7-11-10/h9,11H,2-8H2,1H3. The zero-order valence-electron chi connectivity index (χ0n) is 7.94. The number of rotatable bonds is 3. The first-order chi connectivity index (χ1) is 5.87. The Morgan fingerprint density at radius 3 is 2.75 bits per heavy atom. The van der Waals surface area contributed by atoms with Crippen LogP contribution in [0.2, 0.25) is 0 Å². The Morgan fingerprint density at radius 1 is 1.42 bits per heavy atom. The van der Waals surface area contributed by atoms with Crippen LogP contribution in [-0.4, -0.2) is 25.8 Å². The molecule has 0 aromatic rings. The predicted octanol–water partition coefficient (Wildman–Crippen LogP) is 1.56. The number of hydrogen-bond donors (Lipinski definition) is 1. The summed E-state index contributed by atoms with van der Waals surface area (Å²) >= 11 is 0. The smallest absolute Gasteiger partial charge is 0.0647 e.